The molecular formula is C32H28N2. The molecule has 166 valence electrons. The summed E-state index contributed by atoms with van der Waals surface area (Å²) in [6.45, 7) is 8.82. The molecule has 1 heterocycles. The Morgan fingerprint density at radius 1 is 0.441 bits per heavy atom. The van der Waals surface area contributed by atoms with E-state index in [1.54, 1.807) is 0 Å². The molecule has 0 aliphatic carbocycles. The van der Waals surface area contributed by atoms with Gasteiger partial charge in [0.15, 0.2) is 5.82 Å². The van der Waals surface area contributed by atoms with E-state index in [0.717, 1.165) is 33.9 Å². The molecule has 0 unspecified atom stereocenters. The van der Waals surface area contributed by atoms with Crippen molar-refractivity contribution in [3.63, 3.8) is 0 Å². The molecule has 0 saturated carbocycles. The number of hydrogen-bond donors (Lipinski definition) is 0. The summed E-state index contributed by atoms with van der Waals surface area (Å²) in [6.07, 6.45) is 0. The van der Waals surface area contributed by atoms with Gasteiger partial charge >= 0.3 is 0 Å². The maximum absolute atomic E-state index is 5.00. The van der Waals surface area contributed by atoms with Crippen LogP contribution in [0.25, 0.3) is 45.0 Å². The molecular weight excluding hydrogens is 412 g/mol. The van der Waals surface area contributed by atoms with Crippen LogP contribution in [0.4, 0.5) is 0 Å². The Labute approximate surface area is 202 Å². The highest BCUT2D eigenvalue weighted by molar-refractivity contribution is 5.79. The van der Waals surface area contributed by atoms with Crippen molar-refractivity contribution in [1.82, 2.24) is 9.97 Å². The van der Waals surface area contributed by atoms with Crippen molar-refractivity contribution in [2.24, 2.45) is 0 Å². The van der Waals surface area contributed by atoms with Gasteiger partial charge in [-0.25, -0.2) is 9.97 Å². The molecule has 34 heavy (non-hydrogen) atoms. The standard InChI is InChI=1S/C32H28N2/c1-21-18-22(2)24(4)31(23(21)3)28-17-11-16-27(19-28)30-20-29(25-12-7-5-8-13-25)33-32(34-30)26-14-9-6-10-15-26/h5-20H,1-4H3. The minimum Gasteiger partial charge on any atom is -0.228 e. The van der Waals surface area contributed by atoms with Crippen LogP contribution in [0.5, 0.6) is 0 Å². The first-order valence-corrected chi connectivity index (χ1v) is 11.7. The predicted molar refractivity (Wildman–Crippen MR) is 143 cm³/mol. The quantitative estimate of drug-likeness (QED) is 0.280. The normalized spacial score (nSPS) is 10.9. The second-order valence-corrected chi connectivity index (χ2v) is 8.91. The molecule has 5 aromatic rings. The Kier molecular flexibility index (Phi) is 5.81. The molecule has 1 aromatic heterocycles. The lowest BCUT2D eigenvalue weighted by molar-refractivity contribution is 1.18. The fraction of sp³-hybridized carbons (Fsp3) is 0.125. The van der Waals surface area contributed by atoms with E-state index in [4.69, 9.17) is 9.97 Å². The van der Waals surface area contributed by atoms with E-state index in [-0.39, 0.29) is 0 Å². The monoisotopic (exact) mass is 440 g/mol. The zero-order valence-electron chi connectivity index (χ0n) is 20.1. The van der Waals surface area contributed by atoms with Gasteiger partial charge in [0.25, 0.3) is 0 Å². The third-order valence-corrected chi connectivity index (χ3v) is 6.64. The molecule has 2 nitrogen and oxygen atoms in total. The maximum atomic E-state index is 5.00. The first-order chi connectivity index (χ1) is 16.5. The SMILES string of the molecule is Cc1cc(C)c(C)c(-c2cccc(-c3cc(-c4ccccc4)nc(-c4ccccc4)n3)c2)c1C. The molecule has 0 N–H and O–H groups in total. The first-order valence-electron chi connectivity index (χ1n) is 11.7. The molecule has 2 heteroatoms. The van der Waals surface area contributed by atoms with Gasteiger partial charge in [0, 0.05) is 16.7 Å². The summed E-state index contributed by atoms with van der Waals surface area (Å²) < 4.78 is 0. The van der Waals surface area contributed by atoms with Gasteiger partial charge in [0.1, 0.15) is 0 Å². The third-order valence-electron chi connectivity index (χ3n) is 6.64. The Morgan fingerprint density at radius 3 is 1.56 bits per heavy atom. The molecule has 5 rings (SSSR count). The van der Waals surface area contributed by atoms with Gasteiger partial charge in [-0.15, -0.1) is 0 Å². The molecule has 0 saturated heterocycles. The van der Waals surface area contributed by atoms with Crippen molar-refractivity contribution in [2.75, 3.05) is 0 Å². The summed E-state index contributed by atoms with van der Waals surface area (Å²) in [7, 11) is 0. The van der Waals surface area contributed by atoms with E-state index >= 15 is 0 Å². The highest BCUT2D eigenvalue weighted by Gasteiger charge is 2.14. The number of hydrogen-bond acceptors (Lipinski definition) is 2. The Hall–Kier alpha value is -4.04. The molecule has 0 amide bonds. The lowest BCUT2D eigenvalue weighted by Crippen LogP contribution is -1.97. The van der Waals surface area contributed by atoms with Gasteiger partial charge in [-0.1, -0.05) is 84.9 Å². The minimum atomic E-state index is 0.737. The largest absolute Gasteiger partial charge is 0.228 e. The van der Waals surface area contributed by atoms with Crippen LogP contribution in [-0.2, 0) is 0 Å². The molecule has 0 fully saturated rings. The summed E-state index contributed by atoms with van der Waals surface area (Å²) in [5, 5.41) is 0. The van der Waals surface area contributed by atoms with Gasteiger partial charge in [0.2, 0.25) is 0 Å². The van der Waals surface area contributed by atoms with Gasteiger partial charge in [-0.05, 0) is 73.2 Å². The van der Waals surface area contributed by atoms with E-state index < -0.39 is 0 Å². The van der Waals surface area contributed by atoms with E-state index in [2.05, 4.69) is 88.4 Å². The van der Waals surface area contributed by atoms with Crippen LogP contribution in [0.15, 0.2) is 97.1 Å². The topological polar surface area (TPSA) is 25.8 Å². The number of rotatable bonds is 4. The average molecular weight is 441 g/mol. The lowest BCUT2D eigenvalue weighted by Gasteiger charge is -2.16. The molecule has 0 aliphatic rings. The Morgan fingerprint density at radius 2 is 0.941 bits per heavy atom. The highest BCUT2D eigenvalue weighted by Crippen LogP contribution is 2.34. The molecule has 0 atom stereocenters. The van der Waals surface area contributed by atoms with Crippen molar-refractivity contribution in [3.8, 4) is 45.0 Å². The smallest absolute Gasteiger partial charge is 0.160 e. The van der Waals surface area contributed by atoms with Crippen LogP contribution < -0.4 is 0 Å². The zero-order valence-corrected chi connectivity index (χ0v) is 20.1. The predicted octanol–water partition coefficient (Wildman–Crippen LogP) is 8.38. The summed E-state index contributed by atoms with van der Waals surface area (Å²) in [6, 6.07) is 33.6. The number of benzene rings is 4. The summed E-state index contributed by atoms with van der Waals surface area (Å²) in [5.41, 5.74) is 12.9. The van der Waals surface area contributed by atoms with E-state index in [9.17, 15) is 0 Å². The molecule has 0 radical (unpaired) electrons. The fourth-order valence-corrected chi connectivity index (χ4v) is 4.55. The lowest BCUT2D eigenvalue weighted by atomic mass is 9.89. The first kappa shape index (κ1) is 21.8. The molecule has 0 aliphatic heterocycles. The minimum absolute atomic E-state index is 0.737. The summed E-state index contributed by atoms with van der Waals surface area (Å²) in [5.74, 6) is 0.737. The third kappa shape index (κ3) is 4.15. The zero-order chi connectivity index (χ0) is 23.7. The van der Waals surface area contributed by atoms with Gasteiger partial charge < -0.3 is 0 Å². The molecule has 0 bridgehead atoms. The van der Waals surface area contributed by atoms with Crippen LogP contribution in [0.1, 0.15) is 22.3 Å². The van der Waals surface area contributed by atoms with Crippen LogP contribution >= 0.6 is 0 Å². The number of nitrogens with zero attached hydrogens (tertiary/aromatic N) is 2. The Bertz CT molecular complexity index is 1380. The summed E-state index contributed by atoms with van der Waals surface area (Å²) >= 11 is 0. The highest BCUT2D eigenvalue weighted by atomic mass is 14.9. The van der Waals surface area contributed by atoms with Gasteiger partial charge in [0.05, 0.1) is 11.4 Å². The molecule has 4 aromatic carbocycles. The van der Waals surface area contributed by atoms with E-state index in [1.807, 2.05) is 36.4 Å². The summed E-state index contributed by atoms with van der Waals surface area (Å²) in [4.78, 5) is 9.92. The van der Waals surface area contributed by atoms with Crippen LogP contribution in [-0.4, -0.2) is 9.97 Å². The van der Waals surface area contributed by atoms with E-state index in [1.165, 1.54) is 33.4 Å². The second-order valence-electron chi connectivity index (χ2n) is 8.91. The van der Waals surface area contributed by atoms with Crippen molar-refractivity contribution >= 4 is 0 Å². The Balaban J connectivity index is 1.70. The van der Waals surface area contributed by atoms with Crippen molar-refractivity contribution in [1.29, 1.82) is 0 Å². The van der Waals surface area contributed by atoms with E-state index in [0.29, 0.717) is 0 Å². The van der Waals surface area contributed by atoms with Crippen molar-refractivity contribution in [2.45, 2.75) is 27.7 Å². The van der Waals surface area contributed by atoms with Crippen LogP contribution in [0.2, 0.25) is 0 Å². The van der Waals surface area contributed by atoms with Crippen molar-refractivity contribution in [3.05, 3.63) is 119 Å². The van der Waals surface area contributed by atoms with Gasteiger partial charge in [-0.2, -0.15) is 0 Å². The van der Waals surface area contributed by atoms with Gasteiger partial charge in [-0.3, -0.25) is 0 Å². The number of aromatic nitrogens is 2. The second kappa shape index (κ2) is 9.07. The van der Waals surface area contributed by atoms with Crippen molar-refractivity contribution < 1.29 is 0 Å². The van der Waals surface area contributed by atoms with Crippen LogP contribution in [0.3, 0.4) is 0 Å². The molecule has 0 spiro atoms. The fourth-order valence-electron chi connectivity index (χ4n) is 4.55. The number of aryl methyl sites for hydroxylation is 2. The average Bonchev–Trinajstić information content (AvgIpc) is 2.89. The maximum Gasteiger partial charge on any atom is 0.160 e. The van der Waals surface area contributed by atoms with Crippen LogP contribution in [0, 0.1) is 27.7 Å².